The number of aromatic nitrogens is 4. The third-order valence-electron chi connectivity index (χ3n) is 3.08. The molecule has 2 aromatic rings. The molecule has 0 aromatic carbocycles. The molecule has 0 fully saturated rings. The average Bonchev–Trinajstić information content (AvgIpc) is 3.12. The van der Waals surface area contributed by atoms with Gasteiger partial charge in [-0.25, -0.2) is 9.48 Å². The molecule has 2 heterocycles. The van der Waals surface area contributed by atoms with E-state index in [0.717, 1.165) is 12.2 Å². The van der Waals surface area contributed by atoms with E-state index in [1.807, 2.05) is 19.2 Å². The Morgan fingerprint density at radius 1 is 1.43 bits per heavy atom. The van der Waals surface area contributed by atoms with Crippen LogP contribution in [0.5, 0.6) is 0 Å². The lowest BCUT2D eigenvalue weighted by molar-refractivity contribution is -0.140. The van der Waals surface area contributed by atoms with Crippen molar-refractivity contribution in [2.45, 2.75) is 33.0 Å². The maximum Gasteiger partial charge on any atom is 0.328 e. The summed E-state index contributed by atoms with van der Waals surface area (Å²) < 4.78 is 2.94. The van der Waals surface area contributed by atoms with Crippen LogP contribution in [0.2, 0.25) is 0 Å². The maximum absolute atomic E-state index is 12.1. The third kappa shape index (κ3) is 3.28. The first kappa shape index (κ1) is 14.8. The molecule has 21 heavy (non-hydrogen) atoms. The zero-order chi connectivity index (χ0) is 15.4. The molecule has 2 rings (SSSR count). The average molecular weight is 291 g/mol. The van der Waals surface area contributed by atoms with Crippen molar-refractivity contribution < 1.29 is 14.7 Å². The Hall–Kier alpha value is -2.64. The highest BCUT2D eigenvalue weighted by atomic mass is 16.4. The van der Waals surface area contributed by atoms with Crippen LogP contribution in [0.15, 0.2) is 24.5 Å². The van der Waals surface area contributed by atoms with Crippen LogP contribution in [0.25, 0.3) is 0 Å². The quantitative estimate of drug-likeness (QED) is 0.814. The van der Waals surface area contributed by atoms with Gasteiger partial charge in [-0.15, -0.1) is 0 Å². The number of aliphatic carboxylic acids is 1. The highest BCUT2D eigenvalue weighted by molar-refractivity contribution is 5.93. The number of carboxylic acid groups (broad SMARTS) is 1. The number of aryl methyl sites for hydroxylation is 1. The lowest BCUT2D eigenvalue weighted by Crippen LogP contribution is -2.28. The van der Waals surface area contributed by atoms with Gasteiger partial charge in [0.2, 0.25) is 0 Å². The van der Waals surface area contributed by atoms with Gasteiger partial charge in [-0.1, -0.05) is 0 Å². The Balaban J connectivity index is 2.04. The van der Waals surface area contributed by atoms with Gasteiger partial charge in [0, 0.05) is 18.9 Å². The Kier molecular flexibility index (Phi) is 4.36. The van der Waals surface area contributed by atoms with E-state index in [0.29, 0.717) is 0 Å². The first-order chi connectivity index (χ1) is 10.0. The van der Waals surface area contributed by atoms with Crippen molar-refractivity contribution in [1.29, 1.82) is 0 Å². The number of amides is 1. The summed E-state index contributed by atoms with van der Waals surface area (Å²) in [5.41, 5.74) is 0.947. The van der Waals surface area contributed by atoms with Crippen molar-refractivity contribution in [3.8, 4) is 0 Å². The minimum absolute atomic E-state index is 0.208. The summed E-state index contributed by atoms with van der Waals surface area (Å²) in [6.45, 7) is 4.48. The molecule has 0 aliphatic heterocycles. The van der Waals surface area contributed by atoms with Gasteiger partial charge in [0.25, 0.3) is 5.91 Å². The van der Waals surface area contributed by atoms with Crippen LogP contribution < -0.4 is 5.32 Å². The van der Waals surface area contributed by atoms with Crippen molar-refractivity contribution in [2.75, 3.05) is 0 Å². The van der Waals surface area contributed by atoms with Crippen LogP contribution in [0, 0.1) is 0 Å². The number of nitrogens with one attached hydrogen (secondary N) is 1. The van der Waals surface area contributed by atoms with Gasteiger partial charge in [-0.2, -0.15) is 10.2 Å². The minimum Gasteiger partial charge on any atom is -0.480 e. The Labute approximate surface area is 121 Å². The van der Waals surface area contributed by atoms with Crippen LogP contribution in [-0.4, -0.2) is 36.5 Å². The predicted molar refractivity (Wildman–Crippen MR) is 73.6 cm³/mol. The number of hydrogen-bond acceptors (Lipinski definition) is 4. The molecular formula is C13H17N5O3. The summed E-state index contributed by atoms with van der Waals surface area (Å²) in [7, 11) is 0. The standard InChI is InChI=1S/C13H17N5O3/c1-3-17-7-5-10(16-17)8-14-12(19)11-4-6-15-18(11)9(2)13(20)21/h4-7,9H,3,8H2,1-2H3,(H,14,19)(H,20,21). The SMILES string of the molecule is CCn1ccc(CNC(=O)c2ccnn2C(C)C(=O)O)n1. The van der Waals surface area contributed by atoms with Crippen molar-refractivity contribution in [3.05, 3.63) is 35.9 Å². The zero-order valence-electron chi connectivity index (χ0n) is 11.9. The molecule has 8 heteroatoms. The van der Waals surface area contributed by atoms with Gasteiger partial charge in [0.15, 0.2) is 0 Å². The van der Waals surface area contributed by atoms with Crippen LogP contribution in [0.4, 0.5) is 0 Å². The summed E-state index contributed by atoms with van der Waals surface area (Å²) >= 11 is 0. The van der Waals surface area contributed by atoms with Gasteiger partial charge >= 0.3 is 5.97 Å². The molecule has 1 atom stereocenters. The minimum atomic E-state index is -1.05. The number of carbonyl (C=O) groups excluding carboxylic acids is 1. The Bertz CT molecular complexity index is 646. The summed E-state index contributed by atoms with van der Waals surface area (Å²) in [5, 5.41) is 19.8. The van der Waals surface area contributed by atoms with E-state index in [-0.39, 0.29) is 18.1 Å². The molecule has 2 N–H and O–H groups in total. The topological polar surface area (TPSA) is 102 Å². The second kappa shape index (κ2) is 6.21. The van der Waals surface area contributed by atoms with Gasteiger partial charge in [-0.3, -0.25) is 9.48 Å². The Morgan fingerprint density at radius 2 is 2.19 bits per heavy atom. The lowest BCUT2D eigenvalue weighted by Gasteiger charge is -2.11. The fourth-order valence-corrected chi connectivity index (χ4v) is 1.84. The van der Waals surface area contributed by atoms with E-state index in [9.17, 15) is 9.59 Å². The fourth-order valence-electron chi connectivity index (χ4n) is 1.84. The largest absolute Gasteiger partial charge is 0.480 e. The van der Waals surface area contributed by atoms with Gasteiger partial charge in [0.05, 0.1) is 12.2 Å². The molecule has 0 aliphatic carbocycles. The molecular weight excluding hydrogens is 274 g/mol. The van der Waals surface area contributed by atoms with Crippen molar-refractivity contribution >= 4 is 11.9 Å². The molecule has 2 aromatic heterocycles. The highest BCUT2D eigenvalue weighted by Crippen LogP contribution is 2.09. The normalized spacial score (nSPS) is 12.1. The van der Waals surface area contributed by atoms with Crippen molar-refractivity contribution in [3.63, 3.8) is 0 Å². The molecule has 0 aliphatic rings. The smallest absolute Gasteiger partial charge is 0.328 e. The van der Waals surface area contributed by atoms with E-state index < -0.39 is 12.0 Å². The van der Waals surface area contributed by atoms with Crippen molar-refractivity contribution in [2.24, 2.45) is 0 Å². The Morgan fingerprint density at radius 3 is 2.81 bits per heavy atom. The van der Waals surface area contributed by atoms with E-state index >= 15 is 0 Å². The van der Waals surface area contributed by atoms with Crippen LogP contribution >= 0.6 is 0 Å². The lowest BCUT2D eigenvalue weighted by atomic mass is 10.3. The van der Waals surface area contributed by atoms with Crippen LogP contribution in [0.1, 0.15) is 36.1 Å². The van der Waals surface area contributed by atoms with E-state index in [4.69, 9.17) is 5.11 Å². The molecule has 0 radical (unpaired) electrons. The van der Waals surface area contributed by atoms with Crippen LogP contribution in [-0.2, 0) is 17.9 Å². The van der Waals surface area contributed by atoms with Crippen molar-refractivity contribution in [1.82, 2.24) is 24.9 Å². The van der Waals surface area contributed by atoms with Gasteiger partial charge in [-0.05, 0) is 26.0 Å². The third-order valence-corrected chi connectivity index (χ3v) is 3.08. The van der Waals surface area contributed by atoms with Gasteiger partial charge < -0.3 is 10.4 Å². The summed E-state index contributed by atoms with van der Waals surface area (Å²) in [4.78, 5) is 23.1. The maximum atomic E-state index is 12.1. The molecule has 112 valence electrons. The molecule has 1 amide bonds. The molecule has 8 nitrogen and oxygen atoms in total. The second-order valence-electron chi connectivity index (χ2n) is 4.52. The molecule has 0 saturated heterocycles. The first-order valence-electron chi connectivity index (χ1n) is 6.59. The predicted octanol–water partition coefficient (Wildman–Crippen LogP) is 0.675. The summed E-state index contributed by atoms with van der Waals surface area (Å²) in [5.74, 6) is -1.43. The summed E-state index contributed by atoms with van der Waals surface area (Å²) in [6.07, 6.45) is 3.23. The monoisotopic (exact) mass is 291 g/mol. The molecule has 0 saturated carbocycles. The number of carboxylic acids is 1. The molecule has 0 bridgehead atoms. The number of nitrogens with zero attached hydrogens (tertiary/aromatic N) is 4. The van der Waals surface area contributed by atoms with Crippen LogP contribution in [0.3, 0.4) is 0 Å². The fraction of sp³-hybridized carbons (Fsp3) is 0.385. The molecule has 0 spiro atoms. The second-order valence-corrected chi connectivity index (χ2v) is 4.52. The number of hydrogen-bond donors (Lipinski definition) is 2. The molecule has 1 unspecified atom stereocenters. The summed E-state index contributed by atoms with van der Waals surface area (Å²) in [6, 6.07) is 2.40. The first-order valence-corrected chi connectivity index (χ1v) is 6.59. The van der Waals surface area contributed by atoms with E-state index in [1.165, 1.54) is 23.9 Å². The number of rotatable bonds is 6. The van der Waals surface area contributed by atoms with Gasteiger partial charge in [0.1, 0.15) is 11.7 Å². The van der Waals surface area contributed by atoms with E-state index in [1.54, 1.807) is 4.68 Å². The van der Waals surface area contributed by atoms with E-state index in [2.05, 4.69) is 15.5 Å². The zero-order valence-corrected chi connectivity index (χ0v) is 11.9. The highest BCUT2D eigenvalue weighted by Gasteiger charge is 2.20. The number of carbonyl (C=O) groups is 2.